The molecule has 0 radical (unpaired) electrons. The van der Waals surface area contributed by atoms with Crippen LogP contribution >= 0.6 is 17.9 Å². The van der Waals surface area contributed by atoms with Crippen LogP contribution in [0.3, 0.4) is 0 Å². The molecule has 2 heterocycles. The first-order valence-corrected chi connectivity index (χ1v) is 19.1. The van der Waals surface area contributed by atoms with Crippen LogP contribution in [0.4, 0.5) is 0 Å². The van der Waals surface area contributed by atoms with Crippen LogP contribution in [0.1, 0.15) is 0 Å². The van der Waals surface area contributed by atoms with Crippen LogP contribution in [0.25, 0.3) is 0 Å². The van der Waals surface area contributed by atoms with Gasteiger partial charge in [0.25, 0.3) is 0 Å². The van der Waals surface area contributed by atoms with Crippen LogP contribution < -0.4 is 0 Å². The maximum atomic E-state index is 5.20. The Balaban J connectivity index is 1.72. The minimum absolute atomic E-state index is 0.819. The summed E-state index contributed by atoms with van der Waals surface area (Å²) in [6.07, 6.45) is 0. The Morgan fingerprint density at radius 3 is 1.54 bits per heavy atom. The van der Waals surface area contributed by atoms with Gasteiger partial charge in [-0.3, -0.25) is 0 Å². The van der Waals surface area contributed by atoms with Crippen molar-refractivity contribution in [2.45, 2.75) is 20.4 Å². The normalized spacial score (nSPS) is 25.4. The summed E-state index contributed by atoms with van der Waals surface area (Å²) < 4.78 is 10.4. The van der Waals surface area contributed by atoms with Crippen molar-refractivity contribution >= 4 is 33.5 Å². The van der Waals surface area contributed by atoms with Crippen molar-refractivity contribution in [3.63, 3.8) is 0 Å². The molecule has 76 valence electrons. The summed E-state index contributed by atoms with van der Waals surface area (Å²) in [7, 11) is 4.52. The Kier molecular flexibility index (Phi) is 3.79. The molecule has 0 atom stereocenters. The topological polar surface area (TPSA) is 18.5 Å². The first kappa shape index (κ1) is 10.9. The van der Waals surface area contributed by atoms with Crippen molar-refractivity contribution < 1.29 is 9.47 Å². The number of rotatable bonds is 4. The van der Waals surface area contributed by atoms with Gasteiger partial charge in [0.2, 0.25) is 0 Å². The SMILES string of the molecule is [CH3][Sn]([CH3])([S]C1COC1)[S]C1COC1. The summed E-state index contributed by atoms with van der Waals surface area (Å²) in [4.78, 5) is 5.03. The van der Waals surface area contributed by atoms with E-state index in [0.717, 1.165) is 36.9 Å². The van der Waals surface area contributed by atoms with Gasteiger partial charge in [-0.05, 0) is 0 Å². The van der Waals surface area contributed by atoms with Gasteiger partial charge in [-0.1, -0.05) is 0 Å². The van der Waals surface area contributed by atoms with E-state index in [-0.39, 0.29) is 0 Å². The van der Waals surface area contributed by atoms with E-state index in [2.05, 4.69) is 27.8 Å². The third-order valence-electron chi connectivity index (χ3n) is 2.12. The van der Waals surface area contributed by atoms with Gasteiger partial charge < -0.3 is 0 Å². The van der Waals surface area contributed by atoms with Gasteiger partial charge >= 0.3 is 89.8 Å². The zero-order valence-corrected chi connectivity index (χ0v) is 12.6. The molecule has 2 nitrogen and oxygen atoms in total. The van der Waals surface area contributed by atoms with Crippen molar-refractivity contribution in [1.29, 1.82) is 0 Å². The van der Waals surface area contributed by atoms with E-state index in [4.69, 9.17) is 9.47 Å². The Labute approximate surface area is 89.3 Å². The molecular formula is C8H16O2S2Sn. The Morgan fingerprint density at radius 2 is 1.31 bits per heavy atom. The Bertz CT molecular complexity index is 163. The summed E-state index contributed by atoms with van der Waals surface area (Å²) >= 11 is -1.82. The molecule has 0 saturated carbocycles. The molecule has 2 saturated heterocycles. The van der Waals surface area contributed by atoms with Gasteiger partial charge in [0.1, 0.15) is 0 Å². The number of hydrogen-bond donors (Lipinski definition) is 0. The molecule has 0 aromatic carbocycles. The first-order chi connectivity index (χ1) is 6.16. The van der Waals surface area contributed by atoms with Crippen LogP contribution in [0.15, 0.2) is 0 Å². The fourth-order valence-electron chi connectivity index (χ4n) is 1.39. The van der Waals surface area contributed by atoms with Crippen molar-refractivity contribution in [3.05, 3.63) is 0 Å². The number of hydrogen-bond acceptors (Lipinski definition) is 4. The van der Waals surface area contributed by atoms with Gasteiger partial charge in [0, 0.05) is 0 Å². The van der Waals surface area contributed by atoms with Crippen LogP contribution in [-0.4, -0.2) is 52.5 Å². The second-order valence-corrected chi connectivity index (χ2v) is 33.2. The second kappa shape index (κ2) is 4.51. The fraction of sp³-hybridized carbons (Fsp3) is 1.00. The maximum absolute atomic E-state index is 5.20. The van der Waals surface area contributed by atoms with Gasteiger partial charge in [-0.25, -0.2) is 0 Å². The van der Waals surface area contributed by atoms with E-state index >= 15 is 0 Å². The summed E-state index contributed by atoms with van der Waals surface area (Å²) in [6, 6.07) is 0. The predicted octanol–water partition coefficient (Wildman–Crippen LogP) is 1.95. The molecule has 2 fully saturated rings. The van der Waals surface area contributed by atoms with E-state index < -0.39 is 15.6 Å². The Morgan fingerprint density at radius 1 is 0.923 bits per heavy atom. The van der Waals surface area contributed by atoms with Crippen molar-refractivity contribution in [1.82, 2.24) is 0 Å². The second-order valence-electron chi connectivity index (χ2n) is 3.95. The average Bonchev–Trinajstić information content (AvgIpc) is 1.90. The van der Waals surface area contributed by atoms with E-state index in [1.807, 2.05) is 0 Å². The van der Waals surface area contributed by atoms with Gasteiger partial charge in [-0.2, -0.15) is 0 Å². The molecular weight excluding hydrogens is 311 g/mol. The third-order valence-corrected chi connectivity index (χ3v) is 23.8. The molecule has 0 aromatic heterocycles. The monoisotopic (exact) mass is 328 g/mol. The van der Waals surface area contributed by atoms with Gasteiger partial charge in [0.15, 0.2) is 0 Å². The molecule has 13 heavy (non-hydrogen) atoms. The molecule has 0 N–H and O–H groups in total. The van der Waals surface area contributed by atoms with Gasteiger partial charge in [-0.15, -0.1) is 0 Å². The average molecular weight is 327 g/mol. The summed E-state index contributed by atoms with van der Waals surface area (Å²) in [6.45, 7) is 3.97. The van der Waals surface area contributed by atoms with Crippen LogP contribution in [-0.2, 0) is 9.47 Å². The van der Waals surface area contributed by atoms with E-state index in [0.29, 0.717) is 0 Å². The predicted molar refractivity (Wildman–Crippen MR) is 61.9 cm³/mol. The molecule has 0 aromatic rings. The van der Waals surface area contributed by atoms with Crippen LogP contribution in [0.2, 0.25) is 9.88 Å². The van der Waals surface area contributed by atoms with E-state index in [9.17, 15) is 0 Å². The molecule has 0 aliphatic carbocycles. The summed E-state index contributed by atoms with van der Waals surface area (Å²) in [5, 5.41) is 1.64. The standard InChI is InChI=1S/2C3H6OS.2CH3.Sn/c2*5-3-1-4-2-3;;;/h2*3,5H,1-2H2;2*1H3;/q;;;;+2/p-2. The summed E-state index contributed by atoms with van der Waals surface area (Å²) in [5.74, 6) is 0. The third kappa shape index (κ3) is 3.19. The molecule has 2 rings (SSSR count). The summed E-state index contributed by atoms with van der Waals surface area (Å²) in [5.41, 5.74) is 0. The molecule has 0 unspecified atom stereocenters. The molecule has 5 heteroatoms. The van der Waals surface area contributed by atoms with E-state index in [1.165, 1.54) is 0 Å². The zero-order chi connectivity index (χ0) is 9.31. The van der Waals surface area contributed by atoms with Crippen LogP contribution in [0.5, 0.6) is 0 Å². The molecule has 2 aliphatic heterocycles. The van der Waals surface area contributed by atoms with Crippen molar-refractivity contribution in [2.24, 2.45) is 0 Å². The first-order valence-electron chi connectivity index (χ1n) is 4.67. The quantitative estimate of drug-likeness (QED) is 0.735. The Hall–Kier alpha value is 1.42. The van der Waals surface area contributed by atoms with Crippen LogP contribution in [0, 0.1) is 0 Å². The molecule has 0 spiro atoms. The molecule has 0 bridgehead atoms. The number of ether oxygens (including phenoxy) is 2. The van der Waals surface area contributed by atoms with Crippen molar-refractivity contribution in [3.8, 4) is 0 Å². The molecule has 2 aliphatic rings. The minimum atomic E-state index is -1.82. The molecule has 0 amide bonds. The zero-order valence-electron chi connectivity index (χ0n) is 8.12. The van der Waals surface area contributed by atoms with Crippen molar-refractivity contribution in [2.75, 3.05) is 26.4 Å². The van der Waals surface area contributed by atoms with E-state index in [1.54, 1.807) is 0 Å². The van der Waals surface area contributed by atoms with Gasteiger partial charge in [0.05, 0.1) is 0 Å². The fourth-order valence-corrected chi connectivity index (χ4v) is 26.9.